The number of hydrogen-bond acceptors (Lipinski definition) is 4. The Morgan fingerprint density at radius 1 is 1.03 bits per heavy atom. The van der Waals surface area contributed by atoms with Crippen LogP contribution in [0.5, 0.6) is 0 Å². The molecule has 0 spiro atoms. The van der Waals surface area contributed by atoms with Gasteiger partial charge in [-0.05, 0) is 72.9 Å². The molecule has 4 aromatic rings. The van der Waals surface area contributed by atoms with Crippen molar-refractivity contribution in [3.05, 3.63) is 82.1 Å². The lowest BCUT2D eigenvalue weighted by atomic mass is 10.2. The number of benzene rings is 3. The molecular weight excluding hydrogens is 448 g/mol. The van der Waals surface area contributed by atoms with Gasteiger partial charge in [0.15, 0.2) is 10.7 Å². The predicted molar refractivity (Wildman–Crippen MR) is 120 cm³/mol. The maximum Gasteiger partial charge on any atom is 0.257 e. The van der Waals surface area contributed by atoms with Crippen LogP contribution in [-0.2, 0) is 0 Å². The molecule has 4 rings (SSSR count). The largest absolute Gasteiger partial charge is 0.436 e. The molecule has 0 radical (unpaired) electrons. The van der Waals surface area contributed by atoms with Gasteiger partial charge in [-0.15, -0.1) is 0 Å². The third-order valence-electron chi connectivity index (χ3n) is 4.14. The fraction of sp³-hybridized carbons (Fsp3) is 0. The first-order valence-electron chi connectivity index (χ1n) is 8.63. The van der Waals surface area contributed by atoms with Gasteiger partial charge in [-0.25, -0.2) is 9.37 Å². The lowest BCUT2D eigenvalue weighted by molar-refractivity contribution is 0.0977. The maximum atomic E-state index is 13.0. The molecule has 0 aliphatic rings. The maximum absolute atomic E-state index is 13.0. The van der Waals surface area contributed by atoms with E-state index < -0.39 is 11.7 Å². The van der Waals surface area contributed by atoms with Crippen LogP contribution >= 0.6 is 35.4 Å². The van der Waals surface area contributed by atoms with E-state index in [0.717, 1.165) is 0 Å². The normalized spacial score (nSPS) is 10.8. The summed E-state index contributed by atoms with van der Waals surface area (Å²) >= 11 is 17.5. The summed E-state index contributed by atoms with van der Waals surface area (Å²) < 4.78 is 18.8. The molecule has 5 nitrogen and oxygen atoms in total. The predicted octanol–water partition coefficient (Wildman–Crippen LogP) is 6.07. The highest BCUT2D eigenvalue weighted by atomic mass is 35.5. The Bertz CT molecular complexity index is 1280. The summed E-state index contributed by atoms with van der Waals surface area (Å²) in [6.07, 6.45) is 0. The zero-order chi connectivity index (χ0) is 21.3. The average molecular weight is 460 g/mol. The highest BCUT2D eigenvalue weighted by Crippen LogP contribution is 2.33. The molecule has 1 aromatic heterocycles. The van der Waals surface area contributed by atoms with E-state index in [0.29, 0.717) is 38.3 Å². The number of thiocarbonyl (C=S) groups is 1. The molecule has 3 aromatic carbocycles. The Balaban J connectivity index is 1.53. The second-order valence-electron chi connectivity index (χ2n) is 6.24. The molecule has 0 unspecified atom stereocenters. The number of carbonyl (C=O) groups is 1. The van der Waals surface area contributed by atoms with Gasteiger partial charge in [0.2, 0.25) is 5.89 Å². The Hall–Kier alpha value is -3.00. The van der Waals surface area contributed by atoms with Crippen molar-refractivity contribution in [2.45, 2.75) is 0 Å². The van der Waals surface area contributed by atoms with E-state index in [1.54, 1.807) is 36.4 Å². The third kappa shape index (κ3) is 4.43. The molecule has 30 heavy (non-hydrogen) atoms. The van der Waals surface area contributed by atoms with Gasteiger partial charge in [0.1, 0.15) is 11.3 Å². The molecule has 150 valence electrons. The highest BCUT2D eigenvalue weighted by molar-refractivity contribution is 7.80. The number of fused-ring (bicyclic) bond motifs is 1. The lowest BCUT2D eigenvalue weighted by Crippen LogP contribution is -2.34. The number of rotatable bonds is 3. The van der Waals surface area contributed by atoms with Crippen molar-refractivity contribution in [2.75, 3.05) is 5.32 Å². The summed E-state index contributed by atoms with van der Waals surface area (Å²) in [6, 6.07) is 15.3. The molecule has 0 bridgehead atoms. The van der Waals surface area contributed by atoms with Gasteiger partial charge in [0.25, 0.3) is 5.91 Å². The number of anilines is 1. The first-order chi connectivity index (χ1) is 14.4. The van der Waals surface area contributed by atoms with E-state index in [-0.39, 0.29) is 10.7 Å². The Kier molecular flexibility index (Phi) is 5.67. The number of carbonyl (C=O) groups excluding carboxylic acids is 1. The van der Waals surface area contributed by atoms with E-state index in [1.165, 1.54) is 24.3 Å². The van der Waals surface area contributed by atoms with Crippen LogP contribution in [-0.4, -0.2) is 16.0 Å². The number of nitrogens with one attached hydrogen (secondary N) is 2. The van der Waals surface area contributed by atoms with Crippen LogP contribution < -0.4 is 10.6 Å². The molecule has 2 N–H and O–H groups in total. The molecule has 0 fully saturated rings. The number of halogens is 3. The van der Waals surface area contributed by atoms with E-state index >= 15 is 0 Å². The Labute approximate surface area is 185 Å². The first-order valence-corrected chi connectivity index (χ1v) is 9.79. The molecule has 0 saturated carbocycles. The van der Waals surface area contributed by atoms with Crippen molar-refractivity contribution in [3.63, 3.8) is 0 Å². The number of amides is 1. The van der Waals surface area contributed by atoms with E-state index in [2.05, 4.69) is 15.6 Å². The minimum atomic E-state index is -0.461. The molecular formula is C21H12Cl2FN3O2S. The molecule has 1 amide bonds. The molecule has 0 aliphatic heterocycles. The average Bonchev–Trinajstić information content (AvgIpc) is 3.12. The van der Waals surface area contributed by atoms with Crippen LogP contribution in [0.1, 0.15) is 10.4 Å². The van der Waals surface area contributed by atoms with Gasteiger partial charge in [0, 0.05) is 16.3 Å². The first kappa shape index (κ1) is 20.3. The molecule has 9 heteroatoms. The smallest absolute Gasteiger partial charge is 0.257 e. The van der Waals surface area contributed by atoms with Gasteiger partial charge in [0.05, 0.1) is 10.6 Å². The van der Waals surface area contributed by atoms with Crippen molar-refractivity contribution in [3.8, 4) is 11.5 Å². The summed E-state index contributed by atoms with van der Waals surface area (Å²) in [5.41, 5.74) is 2.57. The number of hydrogen-bond donors (Lipinski definition) is 2. The second kappa shape index (κ2) is 8.39. The van der Waals surface area contributed by atoms with Crippen molar-refractivity contribution in [2.24, 2.45) is 0 Å². The van der Waals surface area contributed by atoms with Crippen LogP contribution in [0.3, 0.4) is 0 Å². The van der Waals surface area contributed by atoms with Crippen LogP contribution in [0.15, 0.2) is 65.1 Å². The van der Waals surface area contributed by atoms with Crippen molar-refractivity contribution >= 4 is 63.2 Å². The second-order valence-corrected chi connectivity index (χ2v) is 7.49. The minimum Gasteiger partial charge on any atom is -0.436 e. The van der Waals surface area contributed by atoms with Crippen molar-refractivity contribution in [1.82, 2.24) is 10.3 Å². The summed E-state index contributed by atoms with van der Waals surface area (Å²) in [4.78, 5) is 16.6. The topological polar surface area (TPSA) is 67.2 Å². The van der Waals surface area contributed by atoms with Crippen LogP contribution in [0.4, 0.5) is 10.1 Å². The van der Waals surface area contributed by atoms with E-state index in [1.807, 2.05) is 0 Å². The summed E-state index contributed by atoms with van der Waals surface area (Å²) in [5, 5.41) is 6.50. The van der Waals surface area contributed by atoms with E-state index in [4.69, 9.17) is 39.8 Å². The fourth-order valence-corrected chi connectivity index (χ4v) is 3.30. The summed E-state index contributed by atoms with van der Waals surface area (Å²) in [6.45, 7) is 0. The Morgan fingerprint density at radius 2 is 1.80 bits per heavy atom. The van der Waals surface area contributed by atoms with Gasteiger partial charge in [-0.1, -0.05) is 23.2 Å². The monoisotopic (exact) mass is 459 g/mol. The SMILES string of the molecule is O=C(NC(=S)Nc1ccc(Cl)c(-c2nc3cc(Cl)ccc3o2)c1)c1ccc(F)cc1. The number of nitrogens with zero attached hydrogens (tertiary/aromatic N) is 1. The molecule has 0 aliphatic carbocycles. The van der Waals surface area contributed by atoms with Crippen LogP contribution in [0.25, 0.3) is 22.6 Å². The van der Waals surface area contributed by atoms with Crippen molar-refractivity contribution < 1.29 is 13.6 Å². The minimum absolute atomic E-state index is 0.0712. The third-order valence-corrected chi connectivity index (χ3v) is 4.91. The van der Waals surface area contributed by atoms with Gasteiger partial charge in [-0.2, -0.15) is 0 Å². The Morgan fingerprint density at radius 3 is 2.57 bits per heavy atom. The zero-order valence-corrected chi connectivity index (χ0v) is 17.4. The summed E-state index contributed by atoms with van der Waals surface area (Å²) in [7, 11) is 0. The van der Waals surface area contributed by atoms with Crippen LogP contribution in [0.2, 0.25) is 10.0 Å². The lowest BCUT2D eigenvalue weighted by Gasteiger charge is -2.11. The van der Waals surface area contributed by atoms with Crippen LogP contribution in [0, 0.1) is 5.82 Å². The van der Waals surface area contributed by atoms with Gasteiger partial charge >= 0.3 is 0 Å². The van der Waals surface area contributed by atoms with Crippen molar-refractivity contribution in [1.29, 1.82) is 0 Å². The number of oxazole rings is 1. The quantitative estimate of drug-likeness (QED) is 0.364. The van der Waals surface area contributed by atoms with Gasteiger partial charge < -0.3 is 9.73 Å². The molecule has 0 atom stereocenters. The number of aromatic nitrogens is 1. The zero-order valence-electron chi connectivity index (χ0n) is 15.1. The standard InChI is InChI=1S/C21H12Cl2FN3O2S/c22-12-3-8-18-17(9-12)26-20(29-18)15-10-14(6-7-16(15)23)25-21(30)27-19(28)11-1-4-13(24)5-2-11/h1-10H,(H2,25,27,28,30). The van der Waals surface area contributed by atoms with Gasteiger partial charge in [-0.3, -0.25) is 10.1 Å². The fourth-order valence-electron chi connectivity index (χ4n) is 2.72. The molecule has 0 saturated heterocycles. The van der Waals surface area contributed by atoms with E-state index in [9.17, 15) is 9.18 Å². The highest BCUT2D eigenvalue weighted by Gasteiger charge is 2.14. The summed E-state index contributed by atoms with van der Waals surface area (Å²) in [5.74, 6) is -0.567. The molecule has 1 heterocycles.